The molecule has 5 heteroatoms. The van der Waals surface area contributed by atoms with Gasteiger partial charge < -0.3 is 11.1 Å². The summed E-state index contributed by atoms with van der Waals surface area (Å²) in [5, 5.41) is 3.10. The lowest BCUT2D eigenvalue weighted by molar-refractivity contribution is -0.125. The molecule has 0 saturated heterocycles. The van der Waals surface area contributed by atoms with Crippen molar-refractivity contribution in [3.05, 3.63) is 34.3 Å². The van der Waals surface area contributed by atoms with Gasteiger partial charge in [0.25, 0.3) is 0 Å². The molecular formula is C15H22BrClN2O. The number of amides is 1. The molecule has 3 atom stereocenters. The fourth-order valence-electron chi connectivity index (χ4n) is 2.68. The Kier molecular flexibility index (Phi) is 7.00. The van der Waals surface area contributed by atoms with Crippen LogP contribution in [0.25, 0.3) is 0 Å². The molecule has 1 amide bonds. The summed E-state index contributed by atoms with van der Waals surface area (Å²) in [6.07, 6.45) is 3.58. The lowest BCUT2D eigenvalue weighted by Crippen LogP contribution is -2.38. The highest BCUT2D eigenvalue weighted by Crippen LogP contribution is 2.24. The highest BCUT2D eigenvalue weighted by atomic mass is 79.9. The van der Waals surface area contributed by atoms with Crippen molar-refractivity contribution >= 4 is 34.2 Å². The number of nitrogens with two attached hydrogens (primary N) is 1. The van der Waals surface area contributed by atoms with Crippen LogP contribution in [0.2, 0.25) is 0 Å². The number of carbonyl (C=O) groups excluding carboxylic acids is 1. The van der Waals surface area contributed by atoms with E-state index in [1.807, 2.05) is 19.1 Å². The van der Waals surface area contributed by atoms with Crippen molar-refractivity contribution in [3.8, 4) is 0 Å². The van der Waals surface area contributed by atoms with Crippen LogP contribution >= 0.6 is 28.3 Å². The molecule has 0 spiro atoms. The molecule has 1 aliphatic rings. The van der Waals surface area contributed by atoms with E-state index in [1.165, 1.54) is 5.56 Å². The molecule has 112 valence electrons. The molecule has 1 fully saturated rings. The van der Waals surface area contributed by atoms with Crippen molar-refractivity contribution in [3.63, 3.8) is 0 Å². The third-order valence-corrected chi connectivity index (χ3v) is 4.16. The zero-order chi connectivity index (χ0) is 13.8. The number of halogens is 2. The minimum Gasteiger partial charge on any atom is -0.353 e. The molecule has 0 aliphatic heterocycles. The summed E-state index contributed by atoms with van der Waals surface area (Å²) in [6, 6.07) is 8.55. The van der Waals surface area contributed by atoms with Crippen molar-refractivity contribution in [2.45, 2.75) is 44.7 Å². The number of benzene rings is 1. The van der Waals surface area contributed by atoms with Crippen LogP contribution in [0, 0.1) is 5.92 Å². The smallest absolute Gasteiger partial charge is 0.223 e. The summed E-state index contributed by atoms with van der Waals surface area (Å²) in [5.41, 5.74) is 7.08. The lowest BCUT2D eigenvalue weighted by Gasteiger charge is -2.17. The Morgan fingerprint density at radius 2 is 2.25 bits per heavy atom. The first-order valence-electron chi connectivity index (χ1n) is 6.85. The maximum absolute atomic E-state index is 12.1. The zero-order valence-corrected chi connectivity index (χ0v) is 14.0. The first-order valence-corrected chi connectivity index (χ1v) is 7.64. The second kappa shape index (κ2) is 8.01. The van der Waals surface area contributed by atoms with Gasteiger partial charge in [-0.15, -0.1) is 12.4 Å². The fraction of sp³-hybridized carbons (Fsp3) is 0.533. The van der Waals surface area contributed by atoms with Gasteiger partial charge in [0.2, 0.25) is 5.91 Å². The molecule has 1 aliphatic carbocycles. The number of nitrogens with one attached hydrogen (secondary N) is 1. The number of hydrogen-bond acceptors (Lipinski definition) is 2. The summed E-state index contributed by atoms with van der Waals surface area (Å²) >= 11 is 3.46. The van der Waals surface area contributed by atoms with E-state index in [0.29, 0.717) is 0 Å². The van der Waals surface area contributed by atoms with Crippen molar-refractivity contribution in [2.75, 3.05) is 0 Å². The molecular weight excluding hydrogens is 340 g/mol. The van der Waals surface area contributed by atoms with Gasteiger partial charge in [0.1, 0.15) is 0 Å². The normalized spacial score (nSPS) is 22.9. The van der Waals surface area contributed by atoms with Crippen molar-refractivity contribution < 1.29 is 4.79 Å². The van der Waals surface area contributed by atoms with E-state index in [2.05, 4.69) is 33.4 Å². The third kappa shape index (κ3) is 5.08. The Morgan fingerprint density at radius 1 is 1.50 bits per heavy atom. The second-order valence-corrected chi connectivity index (χ2v) is 6.43. The molecule has 2 rings (SSSR count). The van der Waals surface area contributed by atoms with Gasteiger partial charge >= 0.3 is 0 Å². The molecule has 1 aromatic rings. The largest absolute Gasteiger partial charge is 0.353 e. The Bertz CT molecular complexity index is 455. The average Bonchev–Trinajstić information content (AvgIpc) is 2.75. The summed E-state index contributed by atoms with van der Waals surface area (Å²) in [5.74, 6) is 0.274. The van der Waals surface area contributed by atoms with E-state index in [1.54, 1.807) is 0 Å². The van der Waals surface area contributed by atoms with Crippen LogP contribution in [0.4, 0.5) is 0 Å². The van der Waals surface area contributed by atoms with E-state index in [4.69, 9.17) is 5.73 Å². The second-order valence-electron chi connectivity index (χ2n) is 5.51. The predicted molar refractivity (Wildman–Crippen MR) is 88.0 cm³/mol. The molecule has 0 aromatic heterocycles. The zero-order valence-electron chi connectivity index (χ0n) is 11.6. The Balaban J connectivity index is 0.00000200. The summed E-state index contributed by atoms with van der Waals surface area (Å²) in [4.78, 5) is 12.1. The third-order valence-electron chi connectivity index (χ3n) is 3.66. The van der Waals surface area contributed by atoms with Crippen LogP contribution in [0.1, 0.15) is 31.7 Å². The van der Waals surface area contributed by atoms with E-state index in [9.17, 15) is 4.79 Å². The highest BCUT2D eigenvalue weighted by Gasteiger charge is 2.28. The Labute approximate surface area is 135 Å². The maximum Gasteiger partial charge on any atom is 0.223 e. The van der Waals surface area contributed by atoms with Gasteiger partial charge in [-0.05, 0) is 50.3 Å². The van der Waals surface area contributed by atoms with Crippen molar-refractivity contribution in [1.82, 2.24) is 5.32 Å². The van der Waals surface area contributed by atoms with Gasteiger partial charge in [0, 0.05) is 22.5 Å². The van der Waals surface area contributed by atoms with Crippen LogP contribution in [-0.2, 0) is 11.2 Å². The first-order chi connectivity index (χ1) is 9.04. The van der Waals surface area contributed by atoms with Gasteiger partial charge in [-0.1, -0.05) is 28.1 Å². The Morgan fingerprint density at radius 3 is 2.85 bits per heavy atom. The maximum atomic E-state index is 12.1. The van der Waals surface area contributed by atoms with Crippen LogP contribution in [0.5, 0.6) is 0 Å². The predicted octanol–water partition coefficient (Wildman–Crippen LogP) is 3.05. The minimum absolute atomic E-state index is 0. The van der Waals surface area contributed by atoms with Gasteiger partial charge in [-0.3, -0.25) is 4.79 Å². The summed E-state index contributed by atoms with van der Waals surface area (Å²) in [7, 11) is 0. The summed E-state index contributed by atoms with van der Waals surface area (Å²) < 4.78 is 1.07. The SMILES string of the molecule is CC(Cc1cccc(Br)c1)NC(=O)C1CCC(N)C1.Cl. The van der Waals surface area contributed by atoms with Gasteiger partial charge in [-0.25, -0.2) is 0 Å². The van der Waals surface area contributed by atoms with E-state index < -0.39 is 0 Å². The molecule has 0 radical (unpaired) electrons. The Hall–Kier alpha value is -0.580. The lowest BCUT2D eigenvalue weighted by atomic mass is 10.0. The monoisotopic (exact) mass is 360 g/mol. The minimum atomic E-state index is 0. The first kappa shape index (κ1) is 17.5. The number of carbonyl (C=O) groups is 1. The van der Waals surface area contributed by atoms with Crippen LogP contribution in [0.15, 0.2) is 28.7 Å². The molecule has 0 heterocycles. The quantitative estimate of drug-likeness (QED) is 0.866. The number of hydrogen-bond donors (Lipinski definition) is 2. The molecule has 3 N–H and O–H groups in total. The van der Waals surface area contributed by atoms with E-state index >= 15 is 0 Å². The number of rotatable bonds is 4. The van der Waals surface area contributed by atoms with Gasteiger partial charge in [0.15, 0.2) is 0 Å². The van der Waals surface area contributed by atoms with Crippen LogP contribution < -0.4 is 11.1 Å². The average molecular weight is 362 g/mol. The highest BCUT2D eigenvalue weighted by molar-refractivity contribution is 9.10. The molecule has 1 saturated carbocycles. The standard InChI is InChI=1S/C15H21BrN2O.ClH/c1-10(7-11-3-2-4-13(16)8-11)18-15(19)12-5-6-14(17)9-12;/h2-4,8,10,12,14H,5-7,9,17H2,1H3,(H,18,19);1H. The van der Waals surface area contributed by atoms with Crippen LogP contribution in [-0.4, -0.2) is 18.0 Å². The summed E-state index contributed by atoms with van der Waals surface area (Å²) in [6.45, 7) is 2.05. The fourth-order valence-corrected chi connectivity index (χ4v) is 3.13. The van der Waals surface area contributed by atoms with Crippen molar-refractivity contribution in [1.29, 1.82) is 0 Å². The van der Waals surface area contributed by atoms with Gasteiger partial charge in [0.05, 0.1) is 0 Å². The topological polar surface area (TPSA) is 55.1 Å². The van der Waals surface area contributed by atoms with Crippen molar-refractivity contribution in [2.24, 2.45) is 11.7 Å². The molecule has 3 nitrogen and oxygen atoms in total. The molecule has 20 heavy (non-hydrogen) atoms. The van der Waals surface area contributed by atoms with Crippen LogP contribution in [0.3, 0.4) is 0 Å². The molecule has 0 bridgehead atoms. The van der Waals surface area contributed by atoms with E-state index in [0.717, 1.165) is 30.2 Å². The van der Waals surface area contributed by atoms with E-state index in [-0.39, 0.29) is 36.3 Å². The molecule has 1 aromatic carbocycles. The molecule has 3 unspecified atom stereocenters. The van der Waals surface area contributed by atoms with Gasteiger partial charge in [-0.2, -0.15) is 0 Å².